The predicted molar refractivity (Wildman–Crippen MR) is 114 cm³/mol. The second-order valence-corrected chi connectivity index (χ2v) is 7.69. The monoisotopic (exact) mass is 506 g/mol. The zero-order valence-corrected chi connectivity index (χ0v) is 17.3. The molecule has 0 aromatic rings. The number of hydrogen-bond acceptors (Lipinski definition) is 13. The van der Waals surface area contributed by atoms with Gasteiger partial charge < -0.3 is 66.4 Å². The molecule has 0 saturated heterocycles. The molecule has 0 bridgehead atoms. The molecule has 0 heterocycles. The molecule has 0 fully saturated rings. The van der Waals surface area contributed by atoms with Gasteiger partial charge in [0, 0.05) is 6.61 Å². The summed E-state index contributed by atoms with van der Waals surface area (Å²) in [4.78, 5) is 10.6. The SMILES string of the molecule is O=C(O)C(O)C(O)C(O)C(O)C(O)C(O)C(O)C(O)C(O)C(O)C(O)CCCCCCO.[AlH3]. The highest BCUT2D eigenvalue weighted by Gasteiger charge is 2.44. The van der Waals surface area contributed by atoms with Gasteiger partial charge in [-0.25, -0.2) is 4.79 Å². The van der Waals surface area contributed by atoms with Crippen LogP contribution in [-0.4, -0.2) is 163 Å². The maximum atomic E-state index is 10.6. The van der Waals surface area contributed by atoms with Crippen LogP contribution in [0.25, 0.3) is 0 Å². The van der Waals surface area contributed by atoms with E-state index in [-0.39, 0.29) is 30.4 Å². The number of rotatable bonds is 17. The molecular formula is C18H39AlO14. The third-order valence-electron chi connectivity index (χ3n) is 5.18. The smallest absolute Gasteiger partial charge is 0.335 e. The van der Waals surface area contributed by atoms with E-state index in [1.54, 1.807) is 0 Å². The van der Waals surface area contributed by atoms with Crippen LogP contribution in [0.4, 0.5) is 0 Å². The van der Waals surface area contributed by atoms with Crippen molar-refractivity contribution in [1.82, 2.24) is 0 Å². The molecule has 0 rings (SSSR count). The standard InChI is InChI=1S/C18H36O14.Al.3H/c19-6-4-2-1-3-5-7(20)8(21)9(22)10(23)11(24)12(25)13(26)14(27)15(28)16(29)17(30)18(31)32;;;;/h7-17,19-30H,1-6H2,(H,31,32);;;;. The fraction of sp³-hybridized carbons (Fsp3) is 0.944. The summed E-state index contributed by atoms with van der Waals surface area (Å²) < 4.78 is 0. The Balaban J connectivity index is 0. The van der Waals surface area contributed by atoms with Crippen LogP contribution < -0.4 is 0 Å². The Hall–Kier alpha value is -0.478. The van der Waals surface area contributed by atoms with Crippen molar-refractivity contribution in [1.29, 1.82) is 0 Å². The van der Waals surface area contributed by atoms with Crippen molar-refractivity contribution < 1.29 is 71.2 Å². The molecule has 0 saturated carbocycles. The Labute approximate surface area is 200 Å². The lowest BCUT2D eigenvalue weighted by molar-refractivity contribution is -0.197. The molecule has 11 atom stereocenters. The van der Waals surface area contributed by atoms with Crippen LogP contribution in [0.2, 0.25) is 0 Å². The van der Waals surface area contributed by atoms with Gasteiger partial charge in [0.25, 0.3) is 0 Å². The van der Waals surface area contributed by atoms with Crippen LogP contribution in [0.15, 0.2) is 0 Å². The zero-order valence-electron chi connectivity index (χ0n) is 17.3. The van der Waals surface area contributed by atoms with Crippen LogP contribution in [-0.2, 0) is 4.79 Å². The van der Waals surface area contributed by atoms with Crippen LogP contribution in [0.3, 0.4) is 0 Å². The van der Waals surface area contributed by atoms with Crippen molar-refractivity contribution in [2.45, 2.75) is 99.2 Å². The summed E-state index contributed by atoms with van der Waals surface area (Å²) in [6.07, 6.45) is -23.3. The Kier molecular flexibility index (Phi) is 17.9. The molecular weight excluding hydrogens is 467 g/mol. The Morgan fingerprint density at radius 1 is 0.515 bits per heavy atom. The number of aliphatic hydroxyl groups excluding tert-OH is 12. The molecule has 198 valence electrons. The summed E-state index contributed by atoms with van der Waals surface area (Å²) in [5.41, 5.74) is 0. The first-order valence-electron chi connectivity index (χ1n) is 10.1. The normalized spacial score (nSPS) is 21.9. The van der Waals surface area contributed by atoms with Gasteiger partial charge in [-0.3, -0.25) is 0 Å². The van der Waals surface area contributed by atoms with E-state index in [1.165, 1.54) is 0 Å². The minimum atomic E-state index is -2.55. The largest absolute Gasteiger partial charge is 0.479 e. The lowest BCUT2D eigenvalue weighted by Crippen LogP contribution is -2.59. The van der Waals surface area contributed by atoms with E-state index in [0.717, 1.165) is 0 Å². The lowest BCUT2D eigenvalue weighted by Gasteiger charge is -2.35. The molecule has 13 N–H and O–H groups in total. The van der Waals surface area contributed by atoms with Crippen LogP contribution in [0, 0.1) is 0 Å². The van der Waals surface area contributed by atoms with Gasteiger partial charge in [-0.2, -0.15) is 0 Å². The van der Waals surface area contributed by atoms with Gasteiger partial charge >= 0.3 is 5.97 Å². The van der Waals surface area contributed by atoms with E-state index in [9.17, 15) is 61.0 Å². The summed E-state index contributed by atoms with van der Waals surface area (Å²) in [7, 11) is 0. The lowest BCUT2D eigenvalue weighted by atomic mass is 9.89. The summed E-state index contributed by atoms with van der Waals surface area (Å²) >= 11 is 0. The minimum Gasteiger partial charge on any atom is -0.479 e. The maximum absolute atomic E-state index is 10.6. The summed E-state index contributed by atoms with van der Waals surface area (Å²) in [6.45, 7) is 0.00692. The molecule has 33 heavy (non-hydrogen) atoms. The third kappa shape index (κ3) is 10.8. The van der Waals surface area contributed by atoms with Crippen LogP contribution in [0.5, 0.6) is 0 Å². The van der Waals surface area contributed by atoms with E-state index >= 15 is 0 Å². The maximum Gasteiger partial charge on any atom is 0.335 e. The molecule has 0 aliphatic carbocycles. The molecule has 14 nitrogen and oxygen atoms in total. The van der Waals surface area contributed by atoms with Crippen molar-refractivity contribution in [2.75, 3.05) is 6.61 Å². The molecule has 11 unspecified atom stereocenters. The predicted octanol–water partition coefficient (Wildman–Crippen LogP) is -7.20. The molecule has 0 spiro atoms. The Morgan fingerprint density at radius 2 is 0.848 bits per heavy atom. The molecule has 0 radical (unpaired) electrons. The van der Waals surface area contributed by atoms with E-state index in [1.807, 2.05) is 0 Å². The number of aliphatic carboxylic acids is 1. The average Bonchev–Trinajstić information content (AvgIpc) is 2.78. The van der Waals surface area contributed by atoms with Gasteiger partial charge in [-0.15, -0.1) is 0 Å². The van der Waals surface area contributed by atoms with Crippen molar-refractivity contribution in [3.63, 3.8) is 0 Å². The van der Waals surface area contributed by atoms with Crippen molar-refractivity contribution in [2.24, 2.45) is 0 Å². The highest BCUT2D eigenvalue weighted by Crippen LogP contribution is 2.19. The quantitative estimate of drug-likeness (QED) is 0.0645. The van der Waals surface area contributed by atoms with Crippen LogP contribution in [0.1, 0.15) is 32.1 Å². The van der Waals surface area contributed by atoms with Gasteiger partial charge in [0.15, 0.2) is 23.5 Å². The number of carboxylic acid groups (broad SMARTS) is 1. The second kappa shape index (κ2) is 17.0. The minimum absolute atomic E-state index is 0. The molecule has 15 heteroatoms. The van der Waals surface area contributed by atoms with Crippen molar-refractivity contribution >= 4 is 23.3 Å². The van der Waals surface area contributed by atoms with E-state index in [0.29, 0.717) is 25.7 Å². The summed E-state index contributed by atoms with van der Waals surface area (Å²) in [5, 5.41) is 125. The van der Waals surface area contributed by atoms with Gasteiger partial charge in [-0.05, 0) is 12.8 Å². The first-order valence-corrected chi connectivity index (χ1v) is 10.1. The highest BCUT2D eigenvalue weighted by molar-refractivity contribution is 5.75. The number of hydrogen-bond donors (Lipinski definition) is 13. The summed E-state index contributed by atoms with van der Waals surface area (Å²) in [5.74, 6) is -1.96. The van der Waals surface area contributed by atoms with Gasteiger partial charge in [0.2, 0.25) is 0 Å². The van der Waals surface area contributed by atoms with Gasteiger partial charge in [0.05, 0.1) is 6.10 Å². The van der Waals surface area contributed by atoms with Crippen molar-refractivity contribution in [3.8, 4) is 0 Å². The second-order valence-electron chi connectivity index (χ2n) is 7.69. The fourth-order valence-electron chi connectivity index (χ4n) is 2.96. The molecule has 0 aliphatic rings. The van der Waals surface area contributed by atoms with E-state index in [4.69, 9.17) is 10.2 Å². The third-order valence-corrected chi connectivity index (χ3v) is 5.18. The Morgan fingerprint density at radius 3 is 1.21 bits per heavy atom. The molecule has 0 aromatic carbocycles. The van der Waals surface area contributed by atoms with E-state index < -0.39 is 73.1 Å². The van der Waals surface area contributed by atoms with Gasteiger partial charge in [-0.1, -0.05) is 19.3 Å². The fourth-order valence-corrected chi connectivity index (χ4v) is 2.96. The molecule has 0 aromatic heterocycles. The number of carboxylic acids is 1. The summed E-state index contributed by atoms with van der Waals surface area (Å²) in [6, 6.07) is 0. The number of aliphatic hydroxyl groups is 12. The molecule has 0 aliphatic heterocycles. The first kappa shape index (κ1) is 34.7. The van der Waals surface area contributed by atoms with E-state index in [2.05, 4.69) is 0 Å². The topological polar surface area (TPSA) is 280 Å². The van der Waals surface area contributed by atoms with Crippen molar-refractivity contribution in [3.05, 3.63) is 0 Å². The highest BCUT2D eigenvalue weighted by atomic mass is 27.0. The number of unbranched alkanes of at least 4 members (excludes halogenated alkanes) is 3. The Bertz CT molecular complexity index is 528. The van der Waals surface area contributed by atoms with Crippen LogP contribution >= 0.6 is 0 Å². The first-order chi connectivity index (χ1) is 14.8. The number of carbonyl (C=O) groups is 1. The zero-order chi connectivity index (χ0) is 25.2. The molecule has 0 amide bonds. The van der Waals surface area contributed by atoms with Gasteiger partial charge in [0.1, 0.15) is 54.9 Å². The average molecular weight is 506 g/mol.